The SMILES string of the molecule is CC(=O)N[C@H]1[C@H]([C@H](O)[C@H](O)CO)OC(F)(C(=O)O)C(F)[C@@H]1NC(=O)Nc1ccccc1Cl. The van der Waals surface area contributed by atoms with Crippen LogP contribution in [0, 0.1) is 0 Å². The van der Waals surface area contributed by atoms with Gasteiger partial charge in [0.2, 0.25) is 5.91 Å². The van der Waals surface area contributed by atoms with Crippen molar-refractivity contribution in [3.8, 4) is 0 Å². The molecule has 14 heteroatoms. The van der Waals surface area contributed by atoms with Gasteiger partial charge in [-0.1, -0.05) is 23.7 Å². The number of para-hydroxylation sites is 1. The summed E-state index contributed by atoms with van der Waals surface area (Å²) in [5.41, 5.74) is 0.0854. The third-order valence-corrected chi connectivity index (χ3v) is 5.05. The molecule has 3 amide bonds. The van der Waals surface area contributed by atoms with Crippen molar-refractivity contribution >= 4 is 35.2 Å². The number of alkyl halides is 2. The minimum Gasteiger partial charge on any atom is -0.477 e. The van der Waals surface area contributed by atoms with Gasteiger partial charge in [0.15, 0.2) is 6.17 Å². The number of hydrogen-bond donors (Lipinski definition) is 7. The third-order valence-electron chi connectivity index (χ3n) is 4.72. The number of hydrogen-bond acceptors (Lipinski definition) is 7. The Hall–Kier alpha value is -2.58. The van der Waals surface area contributed by atoms with Crippen molar-refractivity contribution in [3.63, 3.8) is 0 Å². The van der Waals surface area contributed by atoms with Crippen LogP contribution in [0.3, 0.4) is 0 Å². The van der Waals surface area contributed by atoms with Gasteiger partial charge in [-0.25, -0.2) is 14.0 Å². The molecule has 1 aromatic rings. The molecule has 0 spiro atoms. The molecule has 1 aliphatic heterocycles. The zero-order valence-corrected chi connectivity index (χ0v) is 17.3. The minimum atomic E-state index is -4.07. The number of carboxylic acid groups (broad SMARTS) is 1. The first-order valence-corrected chi connectivity index (χ1v) is 9.60. The van der Waals surface area contributed by atoms with Gasteiger partial charge >= 0.3 is 17.9 Å². The van der Waals surface area contributed by atoms with Gasteiger partial charge in [-0.15, -0.1) is 0 Å². The van der Waals surface area contributed by atoms with Crippen molar-refractivity contribution in [2.45, 2.75) is 49.3 Å². The van der Waals surface area contributed by atoms with E-state index in [1.165, 1.54) is 18.2 Å². The van der Waals surface area contributed by atoms with E-state index in [1.807, 2.05) is 5.32 Å². The average Bonchev–Trinajstić information content (AvgIpc) is 2.73. The van der Waals surface area contributed by atoms with Crippen LogP contribution in [0.5, 0.6) is 0 Å². The zero-order chi connectivity index (χ0) is 24.2. The summed E-state index contributed by atoms with van der Waals surface area (Å²) in [6, 6.07) is 0.923. The lowest BCUT2D eigenvalue weighted by Crippen LogP contribution is -2.74. The van der Waals surface area contributed by atoms with Gasteiger partial charge < -0.3 is 41.1 Å². The maximum absolute atomic E-state index is 15.1. The van der Waals surface area contributed by atoms with Crippen LogP contribution in [0.4, 0.5) is 19.3 Å². The van der Waals surface area contributed by atoms with Crippen LogP contribution in [-0.4, -0.2) is 87.4 Å². The summed E-state index contributed by atoms with van der Waals surface area (Å²) in [6.07, 6.45) is -9.29. The molecular weight excluding hydrogens is 460 g/mol. The molecule has 1 aliphatic rings. The maximum atomic E-state index is 15.1. The van der Waals surface area contributed by atoms with Crippen molar-refractivity contribution in [2.24, 2.45) is 0 Å². The summed E-state index contributed by atoms with van der Waals surface area (Å²) in [5, 5.41) is 44.7. The van der Waals surface area contributed by atoms with Crippen LogP contribution in [0.15, 0.2) is 24.3 Å². The second kappa shape index (κ2) is 10.4. The molecule has 1 fully saturated rings. The first kappa shape index (κ1) is 25.7. The molecule has 7 N–H and O–H groups in total. The summed E-state index contributed by atoms with van der Waals surface area (Å²) in [4.78, 5) is 35.5. The summed E-state index contributed by atoms with van der Waals surface area (Å²) in [5.74, 6) is -7.32. The number of nitrogens with one attached hydrogen (secondary N) is 3. The van der Waals surface area contributed by atoms with Crippen LogP contribution < -0.4 is 16.0 Å². The van der Waals surface area contributed by atoms with Gasteiger partial charge in [-0.05, 0) is 12.1 Å². The van der Waals surface area contributed by atoms with Gasteiger partial charge in [0.05, 0.1) is 29.4 Å². The number of carbonyl (C=O) groups excluding carboxylic acids is 2. The maximum Gasteiger partial charge on any atom is 0.372 e. The number of anilines is 1. The van der Waals surface area contributed by atoms with E-state index < -0.39 is 66.9 Å². The molecule has 11 nitrogen and oxygen atoms in total. The van der Waals surface area contributed by atoms with Crippen LogP contribution in [0.1, 0.15) is 6.92 Å². The van der Waals surface area contributed by atoms with Crippen molar-refractivity contribution < 1.29 is 48.3 Å². The lowest BCUT2D eigenvalue weighted by atomic mass is 9.86. The first-order valence-electron chi connectivity index (χ1n) is 9.22. The Kier molecular flexibility index (Phi) is 8.31. The number of urea groups is 1. The Labute approximate surface area is 185 Å². The van der Waals surface area contributed by atoms with Crippen molar-refractivity contribution in [2.75, 3.05) is 11.9 Å². The fraction of sp³-hybridized carbons (Fsp3) is 0.500. The van der Waals surface area contributed by atoms with Gasteiger partial charge in [0.25, 0.3) is 0 Å². The molecule has 2 rings (SSSR count). The lowest BCUT2D eigenvalue weighted by Gasteiger charge is -2.47. The molecule has 178 valence electrons. The van der Waals surface area contributed by atoms with E-state index in [4.69, 9.17) is 16.7 Å². The van der Waals surface area contributed by atoms with E-state index in [0.717, 1.165) is 6.92 Å². The van der Waals surface area contributed by atoms with E-state index in [9.17, 15) is 29.7 Å². The Morgan fingerprint density at radius 1 is 1.22 bits per heavy atom. The fourth-order valence-electron chi connectivity index (χ4n) is 3.17. The highest BCUT2D eigenvalue weighted by atomic mass is 35.5. The number of halogens is 3. The number of carboxylic acids is 1. The number of rotatable bonds is 7. The molecule has 0 bridgehead atoms. The van der Waals surface area contributed by atoms with Crippen LogP contribution >= 0.6 is 11.6 Å². The molecule has 0 radical (unpaired) electrons. The van der Waals surface area contributed by atoms with Crippen molar-refractivity contribution in [1.82, 2.24) is 10.6 Å². The zero-order valence-electron chi connectivity index (χ0n) is 16.5. The van der Waals surface area contributed by atoms with Gasteiger partial charge in [-0.3, -0.25) is 4.79 Å². The van der Waals surface area contributed by atoms with Gasteiger partial charge in [0, 0.05) is 6.92 Å². The number of ether oxygens (including phenoxy) is 1. The summed E-state index contributed by atoms with van der Waals surface area (Å²) in [7, 11) is 0. The van der Waals surface area contributed by atoms with E-state index >= 15 is 8.78 Å². The topological polar surface area (TPSA) is 177 Å². The number of benzene rings is 1. The van der Waals surface area contributed by atoms with Crippen LogP contribution in [-0.2, 0) is 14.3 Å². The molecule has 0 saturated carbocycles. The average molecular weight is 482 g/mol. The number of aliphatic hydroxyl groups excluding tert-OH is 3. The largest absolute Gasteiger partial charge is 0.477 e. The number of aliphatic hydroxyl groups is 3. The predicted octanol–water partition coefficient (Wildman–Crippen LogP) is -0.464. The molecule has 7 atom stereocenters. The summed E-state index contributed by atoms with van der Waals surface area (Å²) < 4.78 is 34.7. The first-order chi connectivity index (χ1) is 14.9. The third kappa shape index (κ3) is 5.42. The number of amides is 3. The van der Waals surface area contributed by atoms with E-state index in [2.05, 4.69) is 15.4 Å². The van der Waals surface area contributed by atoms with Crippen LogP contribution in [0.2, 0.25) is 5.02 Å². The monoisotopic (exact) mass is 481 g/mol. The molecule has 1 heterocycles. The summed E-state index contributed by atoms with van der Waals surface area (Å²) in [6.45, 7) is -0.0706. The van der Waals surface area contributed by atoms with E-state index in [1.54, 1.807) is 6.07 Å². The number of aliphatic carboxylic acids is 1. The highest BCUT2D eigenvalue weighted by molar-refractivity contribution is 6.33. The smallest absolute Gasteiger partial charge is 0.372 e. The van der Waals surface area contributed by atoms with E-state index in [-0.39, 0.29) is 10.7 Å². The molecule has 2 unspecified atom stereocenters. The molecular formula is C18H22ClF2N3O8. The fourth-order valence-corrected chi connectivity index (χ4v) is 3.36. The van der Waals surface area contributed by atoms with Crippen LogP contribution in [0.25, 0.3) is 0 Å². The molecule has 1 saturated heterocycles. The second-order valence-electron chi connectivity index (χ2n) is 7.01. The normalized spacial score (nSPS) is 29.5. The number of carbonyl (C=O) groups is 3. The van der Waals surface area contributed by atoms with Gasteiger partial charge in [0.1, 0.15) is 18.3 Å². The molecule has 0 aromatic heterocycles. The minimum absolute atomic E-state index is 0.0854. The Morgan fingerprint density at radius 2 is 1.84 bits per heavy atom. The Balaban J connectivity index is 2.42. The molecule has 0 aliphatic carbocycles. The second-order valence-corrected chi connectivity index (χ2v) is 7.41. The molecule has 1 aromatic carbocycles. The quantitative estimate of drug-likeness (QED) is 0.273. The van der Waals surface area contributed by atoms with Crippen molar-refractivity contribution in [3.05, 3.63) is 29.3 Å². The summed E-state index contributed by atoms with van der Waals surface area (Å²) >= 11 is 5.92. The Morgan fingerprint density at radius 3 is 2.38 bits per heavy atom. The lowest BCUT2D eigenvalue weighted by molar-refractivity contribution is -0.277. The highest BCUT2D eigenvalue weighted by Crippen LogP contribution is 2.36. The van der Waals surface area contributed by atoms with Gasteiger partial charge in [-0.2, -0.15) is 4.39 Å². The van der Waals surface area contributed by atoms with Crippen molar-refractivity contribution in [1.29, 1.82) is 0 Å². The highest BCUT2D eigenvalue weighted by Gasteiger charge is 2.63. The standard InChI is InChI=1S/C18H22ClF2N3O8/c1-7(26)22-11-12(24-17(31)23-9-5-3-2-4-8(9)19)15(20)18(21,16(29)30)32-14(11)13(28)10(27)6-25/h2-5,10-15,25,27-28H,6H2,1H3,(H,22,26)(H,29,30)(H2,23,24,31)/t10-,11-,12-,13-,14-,15?,18?/m1/s1. The predicted molar refractivity (Wildman–Crippen MR) is 105 cm³/mol. The van der Waals surface area contributed by atoms with E-state index in [0.29, 0.717) is 0 Å². The molecule has 32 heavy (non-hydrogen) atoms. The Bertz CT molecular complexity index is 865.